The van der Waals surface area contributed by atoms with E-state index in [0.29, 0.717) is 28.2 Å². The van der Waals surface area contributed by atoms with E-state index in [1.165, 1.54) is 0 Å². The van der Waals surface area contributed by atoms with Crippen LogP contribution in [0.15, 0.2) is 22.7 Å². The molecule has 0 aromatic heterocycles. The number of hydrogen-bond donors (Lipinski definition) is 2. The molecule has 1 unspecified atom stereocenters. The van der Waals surface area contributed by atoms with Gasteiger partial charge in [0, 0.05) is 25.4 Å². The van der Waals surface area contributed by atoms with Crippen LogP contribution in [0.2, 0.25) is 0 Å². The summed E-state index contributed by atoms with van der Waals surface area (Å²) >= 11 is 3.33. The summed E-state index contributed by atoms with van der Waals surface area (Å²) in [5.74, 6) is 0.489. The summed E-state index contributed by atoms with van der Waals surface area (Å²) in [6, 6.07) is 5.30. The van der Waals surface area contributed by atoms with Crippen LogP contribution in [-0.4, -0.2) is 25.7 Å². The minimum atomic E-state index is -0.0897. The molecule has 1 aliphatic heterocycles. The van der Waals surface area contributed by atoms with Crippen molar-refractivity contribution in [1.29, 1.82) is 0 Å². The molecule has 5 heteroatoms. The predicted molar refractivity (Wildman–Crippen MR) is 74.4 cm³/mol. The van der Waals surface area contributed by atoms with Gasteiger partial charge in [-0.2, -0.15) is 0 Å². The van der Waals surface area contributed by atoms with Gasteiger partial charge in [0.15, 0.2) is 0 Å². The fourth-order valence-electron chi connectivity index (χ4n) is 2.02. The minimum Gasteiger partial charge on any atom is -0.398 e. The van der Waals surface area contributed by atoms with E-state index in [9.17, 15) is 4.79 Å². The van der Waals surface area contributed by atoms with Crippen LogP contribution in [0.5, 0.6) is 0 Å². The molecule has 18 heavy (non-hydrogen) atoms. The molecule has 1 aliphatic rings. The first kappa shape index (κ1) is 13.4. The highest BCUT2D eigenvalue weighted by Gasteiger charge is 2.16. The Labute approximate surface area is 115 Å². The van der Waals surface area contributed by atoms with Crippen molar-refractivity contribution in [3.8, 4) is 0 Å². The van der Waals surface area contributed by atoms with Crippen LogP contribution in [0.3, 0.4) is 0 Å². The summed E-state index contributed by atoms with van der Waals surface area (Å²) in [5.41, 5.74) is 6.90. The average Bonchev–Trinajstić information content (AvgIpc) is 2.85. The number of amides is 1. The molecular formula is C13H17BrN2O2. The summed E-state index contributed by atoms with van der Waals surface area (Å²) < 4.78 is 5.96. The molecule has 0 radical (unpaired) electrons. The standard InChI is InChI=1S/C13H17BrN2O2/c14-12-10(2-1-3-11(12)15)13(17)16-6-4-9-5-7-18-8-9/h1-3,9H,4-8,15H2,(H,16,17). The molecule has 1 heterocycles. The van der Waals surface area contributed by atoms with Crippen molar-refractivity contribution in [2.75, 3.05) is 25.5 Å². The summed E-state index contributed by atoms with van der Waals surface area (Å²) in [4.78, 5) is 12.0. The molecule has 0 spiro atoms. The Morgan fingerprint density at radius 2 is 2.39 bits per heavy atom. The van der Waals surface area contributed by atoms with Crippen LogP contribution < -0.4 is 11.1 Å². The fourth-order valence-corrected chi connectivity index (χ4v) is 2.47. The molecule has 4 nitrogen and oxygen atoms in total. The van der Waals surface area contributed by atoms with Gasteiger partial charge in [0.2, 0.25) is 0 Å². The molecule has 1 fully saturated rings. The van der Waals surface area contributed by atoms with Gasteiger partial charge in [-0.05, 0) is 46.8 Å². The van der Waals surface area contributed by atoms with Gasteiger partial charge < -0.3 is 15.8 Å². The van der Waals surface area contributed by atoms with E-state index < -0.39 is 0 Å². The largest absolute Gasteiger partial charge is 0.398 e. The number of carbonyl (C=O) groups excluding carboxylic acids is 1. The minimum absolute atomic E-state index is 0.0897. The number of nitrogens with two attached hydrogens (primary N) is 1. The summed E-state index contributed by atoms with van der Waals surface area (Å²) in [6.45, 7) is 2.34. The molecule has 1 atom stereocenters. The molecule has 1 amide bonds. The molecule has 2 rings (SSSR count). The molecule has 1 aromatic rings. The molecule has 1 aromatic carbocycles. The summed E-state index contributed by atoms with van der Waals surface area (Å²) in [5, 5.41) is 2.91. The van der Waals surface area contributed by atoms with Crippen LogP contribution in [-0.2, 0) is 4.74 Å². The maximum Gasteiger partial charge on any atom is 0.252 e. The van der Waals surface area contributed by atoms with Crippen LogP contribution in [0, 0.1) is 5.92 Å². The number of hydrogen-bond acceptors (Lipinski definition) is 3. The van der Waals surface area contributed by atoms with Crippen molar-refractivity contribution in [2.45, 2.75) is 12.8 Å². The third-order valence-corrected chi connectivity index (χ3v) is 4.02. The van der Waals surface area contributed by atoms with E-state index in [1.54, 1.807) is 18.2 Å². The molecule has 0 bridgehead atoms. The van der Waals surface area contributed by atoms with E-state index in [2.05, 4.69) is 21.2 Å². The number of halogens is 1. The SMILES string of the molecule is Nc1cccc(C(=O)NCCC2CCOC2)c1Br. The van der Waals surface area contributed by atoms with E-state index in [0.717, 1.165) is 26.1 Å². The Bertz CT molecular complexity index is 431. The van der Waals surface area contributed by atoms with E-state index in [-0.39, 0.29) is 5.91 Å². The van der Waals surface area contributed by atoms with Crippen LogP contribution in [0.4, 0.5) is 5.69 Å². The summed E-state index contributed by atoms with van der Waals surface area (Å²) in [6.07, 6.45) is 2.06. The first-order chi connectivity index (χ1) is 8.68. The molecule has 0 aliphatic carbocycles. The van der Waals surface area contributed by atoms with Crippen LogP contribution >= 0.6 is 15.9 Å². The second kappa shape index (κ2) is 6.20. The van der Waals surface area contributed by atoms with Crippen molar-refractivity contribution in [3.05, 3.63) is 28.2 Å². The Kier molecular flexibility index (Phi) is 4.60. The maximum atomic E-state index is 12.0. The topological polar surface area (TPSA) is 64.4 Å². The number of anilines is 1. The van der Waals surface area contributed by atoms with E-state index in [1.807, 2.05) is 0 Å². The zero-order chi connectivity index (χ0) is 13.0. The summed E-state index contributed by atoms with van der Waals surface area (Å²) in [7, 11) is 0. The van der Waals surface area contributed by atoms with E-state index >= 15 is 0 Å². The fraction of sp³-hybridized carbons (Fsp3) is 0.462. The van der Waals surface area contributed by atoms with Gasteiger partial charge >= 0.3 is 0 Å². The first-order valence-corrected chi connectivity index (χ1v) is 6.87. The van der Waals surface area contributed by atoms with Gasteiger partial charge in [-0.15, -0.1) is 0 Å². The Morgan fingerprint density at radius 1 is 1.56 bits per heavy atom. The van der Waals surface area contributed by atoms with Crippen molar-refractivity contribution < 1.29 is 9.53 Å². The normalized spacial score (nSPS) is 18.8. The highest BCUT2D eigenvalue weighted by Crippen LogP contribution is 2.23. The molecule has 3 N–H and O–H groups in total. The monoisotopic (exact) mass is 312 g/mol. The lowest BCUT2D eigenvalue weighted by atomic mass is 10.1. The Morgan fingerprint density at radius 3 is 3.11 bits per heavy atom. The van der Waals surface area contributed by atoms with Gasteiger partial charge in [0.1, 0.15) is 0 Å². The Balaban J connectivity index is 1.85. The number of nitrogens with one attached hydrogen (secondary N) is 1. The van der Waals surface area contributed by atoms with Gasteiger partial charge in [-0.1, -0.05) is 6.07 Å². The lowest BCUT2D eigenvalue weighted by Gasteiger charge is -2.10. The Hall–Kier alpha value is -1.07. The highest BCUT2D eigenvalue weighted by atomic mass is 79.9. The first-order valence-electron chi connectivity index (χ1n) is 6.08. The number of rotatable bonds is 4. The van der Waals surface area contributed by atoms with Gasteiger partial charge in [-0.3, -0.25) is 4.79 Å². The third-order valence-electron chi connectivity index (χ3n) is 3.14. The molecular weight excluding hydrogens is 296 g/mol. The van der Waals surface area contributed by atoms with Gasteiger partial charge in [0.25, 0.3) is 5.91 Å². The number of nitrogen functional groups attached to an aromatic ring is 1. The lowest BCUT2D eigenvalue weighted by Crippen LogP contribution is -2.26. The van der Waals surface area contributed by atoms with Crippen molar-refractivity contribution >= 4 is 27.5 Å². The lowest BCUT2D eigenvalue weighted by molar-refractivity contribution is 0.0949. The highest BCUT2D eigenvalue weighted by molar-refractivity contribution is 9.10. The van der Waals surface area contributed by atoms with Gasteiger partial charge in [0.05, 0.1) is 10.0 Å². The molecule has 0 saturated carbocycles. The second-order valence-corrected chi connectivity index (χ2v) is 5.28. The predicted octanol–water partition coefficient (Wildman–Crippen LogP) is 2.19. The van der Waals surface area contributed by atoms with Crippen LogP contribution in [0.25, 0.3) is 0 Å². The maximum absolute atomic E-state index is 12.0. The second-order valence-electron chi connectivity index (χ2n) is 4.48. The van der Waals surface area contributed by atoms with Crippen LogP contribution in [0.1, 0.15) is 23.2 Å². The molecule has 1 saturated heterocycles. The van der Waals surface area contributed by atoms with Crippen molar-refractivity contribution in [2.24, 2.45) is 5.92 Å². The number of benzene rings is 1. The third kappa shape index (κ3) is 3.23. The number of ether oxygens (including phenoxy) is 1. The van der Waals surface area contributed by atoms with Crippen molar-refractivity contribution in [3.63, 3.8) is 0 Å². The smallest absolute Gasteiger partial charge is 0.252 e. The number of carbonyl (C=O) groups is 1. The van der Waals surface area contributed by atoms with Gasteiger partial charge in [-0.25, -0.2) is 0 Å². The zero-order valence-corrected chi connectivity index (χ0v) is 11.7. The van der Waals surface area contributed by atoms with Crippen molar-refractivity contribution in [1.82, 2.24) is 5.32 Å². The average molecular weight is 313 g/mol. The zero-order valence-electron chi connectivity index (χ0n) is 10.1. The van der Waals surface area contributed by atoms with E-state index in [4.69, 9.17) is 10.5 Å². The molecule has 98 valence electrons. The quantitative estimate of drug-likeness (QED) is 0.838.